The Morgan fingerprint density at radius 2 is 1.89 bits per heavy atom. The number of amides is 1. The summed E-state index contributed by atoms with van der Waals surface area (Å²) in [4.78, 5) is 22.6. The first-order valence-corrected chi connectivity index (χ1v) is 5.96. The molecule has 0 aliphatic heterocycles. The molecule has 5 heteroatoms. The molecular weight excluding hydrogens is 232 g/mol. The van der Waals surface area contributed by atoms with Crippen molar-refractivity contribution in [1.82, 2.24) is 0 Å². The molecule has 1 amide bonds. The predicted octanol–water partition coefficient (Wildman–Crippen LogP) is 1.45. The van der Waals surface area contributed by atoms with E-state index in [1.165, 1.54) is 12.1 Å². The number of rotatable bonds is 3. The monoisotopic (exact) mass is 248 g/mol. The molecule has 1 saturated carbocycles. The summed E-state index contributed by atoms with van der Waals surface area (Å²) >= 11 is 0. The molecule has 5 nitrogen and oxygen atoms in total. The van der Waals surface area contributed by atoms with Crippen LogP contribution in [0.5, 0.6) is 0 Å². The molecule has 0 aromatic heterocycles. The molecule has 1 aliphatic carbocycles. The van der Waals surface area contributed by atoms with Crippen molar-refractivity contribution in [3.63, 3.8) is 0 Å². The van der Waals surface area contributed by atoms with Crippen molar-refractivity contribution >= 4 is 17.6 Å². The first-order chi connectivity index (χ1) is 8.56. The molecule has 0 heterocycles. The number of benzene rings is 1. The fraction of sp³-hybridized carbons (Fsp3) is 0.385. The molecule has 0 spiro atoms. The SMILES string of the molecule is NC1CCC(C(=O)Nc2ccc(C(=O)O)cc2)C1. The van der Waals surface area contributed by atoms with Crippen molar-refractivity contribution < 1.29 is 14.7 Å². The molecule has 1 aliphatic rings. The summed E-state index contributed by atoms with van der Waals surface area (Å²) < 4.78 is 0. The van der Waals surface area contributed by atoms with E-state index in [4.69, 9.17) is 10.8 Å². The van der Waals surface area contributed by atoms with Gasteiger partial charge in [-0.05, 0) is 43.5 Å². The number of carboxylic acids is 1. The fourth-order valence-corrected chi connectivity index (χ4v) is 2.20. The van der Waals surface area contributed by atoms with E-state index in [0.717, 1.165) is 19.3 Å². The zero-order chi connectivity index (χ0) is 13.1. The molecule has 0 bridgehead atoms. The van der Waals surface area contributed by atoms with Crippen LogP contribution in [0.25, 0.3) is 0 Å². The van der Waals surface area contributed by atoms with Gasteiger partial charge in [0, 0.05) is 17.6 Å². The minimum atomic E-state index is -0.977. The van der Waals surface area contributed by atoms with Gasteiger partial charge < -0.3 is 16.2 Å². The van der Waals surface area contributed by atoms with Crippen LogP contribution >= 0.6 is 0 Å². The van der Waals surface area contributed by atoms with Gasteiger partial charge in [0.1, 0.15) is 0 Å². The van der Waals surface area contributed by atoms with Crippen LogP contribution < -0.4 is 11.1 Å². The molecule has 96 valence electrons. The summed E-state index contributed by atoms with van der Waals surface area (Å²) in [6.45, 7) is 0. The van der Waals surface area contributed by atoms with E-state index in [-0.39, 0.29) is 23.4 Å². The van der Waals surface area contributed by atoms with Crippen LogP contribution in [0, 0.1) is 5.92 Å². The van der Waals surface area contributed by atoms with Gasteiger partial charge in [-0.3, -0.25) is 4.79 Å². The molecule has 0 radical (unpaired) electrons. The quantitative estimate of drug-likeness (QED) is 0.754. The standard InChI is InChI=1S/C13H16N2O3/c14-10-4-1-9(7-10)12(16)15-11-5-2-8(3-6-11)13(17)18/h2-3,5-6,9-10H,1,4,7,14H2,(H,15,16)(H,17,18). The van der Waals surface area contributed by atoms with Crippen LogP contribution in [0.15, 0.2) is 24.3 Å². The van der Waals surface area contributed by atoms with Crippen molar-refractivity contribution in [3.8, 4) is 0 Å². The number of nitrogens with one attached hydrogen (secondary N) is 1. The predicted molar refractivity (Wildman–Crippen MR) is 67.3 cm³/mol. The molecule has 1 aromatic rings. The summed E-state index contributed by atoms with van der Waals surface area (Å²) in [7, 11) is 0. The highest BCUT2D eigenvalue weighted by molar-refractivity contribution is 5.93. The van der Waals surface area contributed by atoms with E-state index in [1.807, 2.05) is 0 Å². The third-order valence-electron chi connectivity index (χ3n) is 3.24. The summed E-state index contributed by atoms with van der Waals surface area (Å²) in [5.41, 5.74) is 6.58. The Hall–Kier alpha value is -1.88. The minimum absolute atomic E-state index is 0.0286. The van der Waals surface area contributed by atoms with Crippen LogP contribution in [0.1, 0.15) is 29.6 Å². The van der Waals surface area contributed by atoms with Gasteiger partial charge in [-0.1, -0.05) is 0 Å². The second-order valence-electron chi connectivity index (χ2n) is 4.64. The highest BCUT2D eigenvalue weighted by atomic mass is 16.4. The van der Waals surface area contributed by atoms with Gasteiger partial charge in [-0.25, -0.2) is 4.79 Å². The highest BCUT2D eigenvalue weighted by Crippen LogP contribution is 2.25. The number of hydrogen-bond acceptors (Lipinski definition) is 3. The van der Waals surface area contributed by atoms with Gasteiger partial charge in [-0.15, -0.1) is 0 Å². The van der Waals surface area contributed by atoms with E-state index in [0.29, 0.717) is 5.69 Å². The van der Waals surface area contributed by atoms with Crippen LogP contribution in [0.4, 0.5) is 5.69 Å². The number of aromatic carboxylic acids is 1. The molecule has 2 rings (SSSR count). The van der Waals surface area contributed by atoms with E-state index in [2.05, 4.69) is 5.32 Å². The average molecular weight is 248 g/mol. The zero-order valence-corrected chi connectivity index (χ0v) is 9.93. The Morgan fingerprint density at radius 3 is 2.39 bits per heavy atom. The van der Waals surface area contributed by atoms with Gasteiger partial charge in [-0.2, -0.15) is 0 Å². The number of carbonyl (C=O) groups is 2. The highest BCUT2D eigenvalue weighted by Gasteiger charge is 2.27. The van der Waals surface area contributed by atoms with Gasteiger partial charge in [0.15, 0.2) is 0 Å². The smallest absolute Gasteiger partial charge is 0.335 e. The molecule has 2 unspecified atom stereocenters. The Bertz CT molecular complexity index is 456. The first-order valence-electron chi connectivity index (χ1n) is 5.96. The second kappa shape index (κ2) is 5.18. The number of nitrogens with two attached hydrogens (primary N) is 1. The lowest BCUT2D eigenvalue weighted by Gasteiger charge is -2.10. The number of carbonyl (C=O) groups excluding carboxylic acids is 1. The van der Waals surface area contributed by atoms with Gasteiger partial charge in [0.05, 0.1) is 5.56 Å². The van der Waals surface area contributed by atoms with Crippen molar-refractivity contribution in [2.75, 3.05) is 5.32 Å². The zero-order valence-electron chi connectivity index (χ0n) is 9.93. The Morgan fingerprint density at radius 1 is 1.22 bits per heavy atom. The largest absolute Gasteiger partial charge is 0.478 e. The molecule has 4 N–H and O–H groups in total. The molecule has 18 heavy (non-hydrogen) atoms. The summed E-state index contributed by atoms with van der Waals surface area (Å²) in [6, 6.07) is 6.25. The van der Waals surface area contributed by atoms with Crippen molar-refractivity contribution in [1.29, 1.82) is 0 Å². The molecule has 1 aromatic carbocycles. The van der Waals surface area contributed by atoms with E-state index >= 15 is 0 Å². The first kappa shape index (κ1) is 12.6. The number of hydrogen-bond donors (Lipinski definition) is 3. The second-order valence-corrected chi connectivity index (χ2v) is 4.64. The topological polar surface area (TPSA) is 92.4 Å². The van der Waals surface area contributed by atoms with Crippen LogP contribution in [-0.4, -0.2) is 23.0 Å². The average Bonchev–Trinajstić information content (AvgIpc) is 2.76. The number of anilines is 1. The molecule has 2 atom stereocenters. The lowest BCUT2D eigenvalue weighted by molar-refractivity contribution is -0.119. The van der Waals surface area contributed by atoms with Crippen molar-refractivity contribution in [2.24, 2.45) is 11.7 Å². The normalized spacial score (nSPS) is 22.7. The van der Waals surface area contributed by atoms with Gasteiger partial charge in [0.2, 0.25) is 5.91 Å². The fourth-order valence-electron chi connectivity index (χ4n) is 2.20. The lowest BCUT2D eigenvalue weighted by atomic mass is 10.1. The summed E-state index contributed by atoms with van der Waals surface area (Å²) in [5, 5.41) is 11.5. The molecular formula is C13H16N2O3. The van der Waals surface area contributed by atoms with Crippen molar-refractivity contribution in [3.05, 3.63) is 29.8 Å². The van der Waals surface area contributed by atoms with Gasteiger partial charge in [0.25, 0.3) is 0 Å². The maximum absolute atomic E-state index is 11.9. The maximum Gasteiger partial charge on any atom is 0.335 e. The Kier molecular flexibility index (Phi) is 3.62. The van der Waals surface area contributed by atoms with Gasteiger partial charge >= 0.3 is 5.97 Å². The molecule has 1 fully saturated rings. The Balaban J connectivity index is 1.97. The number of carboxylic acid groups (broad SMARTS) is 1. The van der Waals surface area contributed by atoms with E-state index < -0.39 is 5.97 Å². The van der Waals surface area contributed by atoms with Crippen LogP contribution in [0.2, 0.25) is 0 Å². The third-order valence-corrected chi connectivity index (χ3v) is 3.24. The van der Waals surface area contributed by atoms with E-state index in [1.54, 1.807) is 12.1 Å². The van der Waals surface area contributed by atoms with Crippen LogP contribution in [-0.2, 0) is 4.79 Å². The summed E-state index contributed by atoms with van der Waals surface area (Å²) in [6.07, 6.45) is 2.43. The third kappa shape index (κ3) is 2.87. The Labute approximate surface area is 105 Å². The lowest BCUT2D eigenvalue weighted by Crippen LogP contribution is -2.23. The minimum Gasteiger partial charge on any atom is -0.478 e. The summed E-state index contributed by atoms with van der Waals surface area (Å²) in [5.74, 6) is -1.04. The van der Waals surface area contributed by atoms with E-state index in [9.17, 15) is 9.59 Å². The molecule has 0 saturated heterocycles. The van der Waals surface area contributed by atoms with Crippen LogP contribution in [0.3, 0.4) is 0 Å². The van der Waals surface area contributed by atoms with Crippen molar-refractivity contribution in [2.45, 2.75) is 25.3 Å². The maximum atomic E-state index is 11.9.